The average molecular weight is 234 g/mol. The van der Waals surface area contributed by atoms with Crippen molar-refractivity contribution >= 4 is 5.78 Å². The third-order valence-corrected chi connectivity index (χ3v) is 3.35. The largest absolute Gasteiger partial charge is 0.496 e. The summed E-state index contributed by atoms with van der Waals surface area (Å²) in [5.74, 6) is 1.58. The molecule has 0 N–H and O–H groups in total. The average Bonchev–Trinajstić information content (AvgIpc) is 2.35. The standard InChI is InChI=1S/C15H22O2/c1-5-12(6-2)10-14(16)13-7-8-15(17-4)11(3)9-13/h7-9,12H,5-6,10H2,1-4H3. The molecule has 1 rings (SSSR count). The van der Waals surface area contributed by atoms with Gasteiger partial charge in [0.05, 0.1) is 7.11 Å². The molecular weight excluding hydrogens is 212 g/mol. The second-order valence-electron chi connectivity index (χ2n) is 4.49. The summed E-state index contributed by atoms with van der Waals surface area (Å²) in [4.78, 5) is 12.1. The lowest BCUT2D eigenvalue weighted by atomic mass is 9.93. The van der Waals surface area contributed by atoms with Crippen LogP contribution >= 0.6 is 0 Å². The molecule has 0 spiro atoms. The zero-order valence-corrected chi connectivity index (χ0v) is 11.2. The van der Waals surface area contributed by atoms with Gasteiger partial charge < -0.3 is 4.74 Å². The van der Waals surface area contributed by atoms with E-state index in [2.05, 4.69) is 13.8 Å². The van der Waals surface area contributed by atoms with Crippen molar-refractivity contribution in [2.24, 2.45) is 5.92 Å². The van der Waals surface area contributed by atoms with Gasteiger partial charge in [0, 0.05) is 12.0 Å². The summed E-state index contributed by atoms with van der Waals surface area (Å²) >= 11 is 0. The fourth-order valence-electron chi connectivity index (χ4n) is 2.01. The summed E-state index contributed by atoms with van der Waals surface area (Å²) in [6, 6.07) is 5.65. The molecule has 0 unspecified atom stereocenters. The van der Waals surface area contributed by atoms with E-state index in [1.165, 1.54) is 0 Å². The highest BCUT2D eigenvalue weighted by Crippen LogP contribution is 2.21. The van der Waals surface area contributed by atoms with Gasteiger partial charge in [0.25, 0.3) is 0 Å². The first kappa shape index (κ1) is 13.8. The maximum Gasteiger partial charge on any atom is 0.163 e. The number of benzene rings is 1. The SMILES string of the molecule is CCC(CC)CC(=O)c1ccc(OC)c(C)c1. The molecule has 0 aliphatic carbocycles. The maximum absolute atomic E-state index is 12.1. The van der Waals surface area contributed by atoms with E-state index < -0.39 is 0 Å². The molecule has 0 amide bonds. The lowest BCUT2D eigenvalue weighted by Crippen LogP contribution is -2.07. The van der Waals surface area contributed by atoms with E-state index >= 15 is 0 Å². The lowest BCUT2D eigenvalue weighted by Gasteiger charge is -2.12. The van der Waals surface area contributed by atoms with Gasteiger partial charge in [-0.25, -0.2) is 0 Å². The van der Waals surface area contributed by atoms with Crippen LogP contribution in [0.15, 0.2) is 18.2 Å². The van der Waals surface area contributed by atoms with Crippen molar-refractivity contribution in [2.75, 3.05) is 7.11 Å². The highest BCUT2D eigenvalue weighted by atomic mass is 16.5. The number of carbonyl (C=O) groups excluding carboxylic acids is 1. The Morgan fingerprint density at radius 2 is 1.94 bits per heavy atom. The first-order valence-corrected chi connectivity index (χ1v) is 6.30. The minimum atomic E-state index is 0.240. The second kappa shape index (κ2) is 6.43. The molecule has 2 heteroatoms. The predicted molar refractivity (Wildman–Crippen MR) is 70.8 cm³/mol. The fraction of sp³-hybridized carbons (Fsp3) is 0.533. The van der Waals surface area contributed by atoms with Crippen LogP contribution in [0.5, 0.6) is 5.75 Å². The first-order chi connectivity index (χ1) is 8.12. The Morgan fingerprint density at radius 1 is 1.29 bits per heavy atom. The van der Waals surface area contributed by atoms with E-state index in [1.807, 2.05) is 25.1 Å². The van der Waals surface area contributed by atoms with Gasteiger partial charge >= 0.3 is 0 Å². The Labute approximate surface area is 104 Å². The smallest absolute Gasteiger partial charge is 0.163 e. The number of aryl methyl sites for hydroxylation is 1. The summed E-state index contributed by atoms with van der Waals surface area (Å²) in [5, 5.41) is 0. The first-order valence-electron chi connectivity index (χ1n) is 6.30. The van der Waals surface area contributed by atoms with Crippen LogP contribution in [0.3, 0.4) is 0 Å². The lowest BCUT2D eigenvalue weighted by molar-refractivity contribution is 0.0958. The van der Waals surface area contributed by atoms with E-state index in [-0.39, 0.29) is 5.78 Å². The minimum absolute atomic E-state index is 0.240. The molecule has 1 aromatic rings. The number of ether oxygens (including phenoxy) is 1. The van der Waals surface area contributed by atoms with Crippen molar-refractivity contribution in [3.63, 3.8) is 0 Å². The van der Waals surface area contributed by atoms with Crippen molar-refractivity contribution in [2.45, 2.75) is 40.0 Å². The summed E-state index contributed by atoms with van der Waals surface area (Å²) in [6.07, 6.45) is 2.79. The van der Waals surface area contributed by atoms with Gasteiger partial charge in [-0.3, -0.25) is 4.79 Å². The minimum Gasteiger partial charge on any atom is -0.496 e. The number of Topliss-reactive ketones (excluding diaryl/α,β-unsaturated/α-hetero) is 1. The molecule has 0 heterocycles. The number of methoxy groups -OCH3 is 1. The highest BCUT2D eigenvalue weighted by Gasteiger charge is 2.13. The van der Waals surface area contributed by atoms with Gasteiger partial charge in [0.2, 0.25) is 0 Å². The van der Waals surface area contributed by atoms with E-state index in [9.17, 15) is 4.79 Å². The second-order valence-corrected chi connectivity index (χ2v) is 4.49. The summed E-state index contributed by atoms with van der Waals surface area (Å²) < 4.78 is 5.19. The molecule has 0 fully saturated rings. The number of rotatable bonds is 6. The summed E-state index contributed by atoms with van der Waals surface area (Å²) in [6.45, 7) is 6.24. The van der Waals surface area contributed by atoms with Crippen LogP contribution in [0, 0.1) is 12.8 Å². The van der Waals surface area contributed by atoms with Crippen LogP contribution < -0.4 is 4.74 Å². The molecule has 0 aromatic heterocycles. The molecule has 0 aliphatic rings. The Hall–Kier alpha value is -1.31. The Bertz CT molecular complexity index is 379. The van der Waals surface area contributed by atoms with E-state index in [1.54, 1.807) is 7.11 Å². The number of carbonyl (C=O) groups is 1. The topological polar surface area (TPSA) is 26.3 Å². The van der Waals surface area contributed by atoms with Crippen molar-refractivity contribution in [3.05, 3.63) is 29.3 Å². The molecule has 2 nitrogen and oxygen atoms in total. The molecule has 0 aliphatic heterocycles. The normalized spacial score (nSPS) is 10.6. The number of ketones is 1. The molecular formula is C15H22O2. The Balaban J connectivity index is 2.79. The van der Waals surface area contributed by atoms with Gasteiger partial charge in [0.1, 0.15) is 5.75 Å². The molecule has 0 saturated carbocycles. The van der Waals surface area contributed by atoms with Crippen LogP contribution in [0.4, 0.5) is 0 Å². The molecule has 1 aromatic carbocycles. The van der Waals surface area contributed by atoms with Crippen molar-refractivity contribution in [1.82, 2.24) is 0 Å². The van der Waals surface area contributed by atoms with E-state index in [4.69, 9.17) is 4.74 Å². The third-order valence-electron chi connectivity index (χ3n) is 3.35. The van der Waals surface area contributed by atoms with E-state index in [0.29, 0.717) is 12.3 Å². The van der Waals surface area contributed by atoms with Crippen LogP contribution in [-0.4, -0.2) is 12.9 Å². The Morgan fingerprint density at radius 3 is 2.41 bits per heavy atom. The third kappa shape index (κ3) is 3.58. The maximum atomic E-state index is 12.1. The van der Waals surface area contributed by atoms with E-state index in [0.717, 1.165) is 29.7 Å². The van der Waals surface area contributed by atoms with Gasteiger partial charge in [-0.05, 0) is 36.6 Å². The fourth-order valence-corrected chi connectivity index (χ4v) is 2.01. The van der Waals surface area contributed by atoms with Crippen LogP contribution in [0.25, 0.3) is 0 Å². The quantitative estimate of drug-likeness (QED) is 0.695. The molecule has 0 radical (unpaired) electrons. The van der Waals surface area contributed by atoms with Gasteiger partial charge in [0.15, 0.2) is 5.78 Å². The summed E-state index contributed by atoms with van der Waals surface area (Å²) in [5.41, 5.74) is 1.82. The highest BCUT2D eigenvalue weighted by molar-refractivity contribution is 5.96. The van der Waals surface area contributed by atoms with Crippen LogP contribution in [0.1, 0.15) is 49.0 Å². The number of hydrogen-bond donors (Lipinski definition) is 0. The van der Waals surface area contributed by atoms with Crippen LogP contribution in [0.2, 0.25) is 0 Å². The van der Waals surface area contributed by atoms with Crippen molar-refractivity contribution in [3.8, 4) is 5.75 Å². The van der Waals surface area contributed by atoms with Gasteiger partial charge in [-0.15, -0.1) is 0 Å². The monoisotopic (exact) mass is 234 g/mol. The molecule has 94 valence electrons. The molecule has 17 heavy (non-hydrogen) atoms. The zero-order chi connectivity index (χ0) is 12.8. The van der Waals surface area contributed by atoms with Gasteiger partial charge in [-0.1, -0.05) is 26.7 Å². The Kier molecular flexibility index (Phi) is 5.20. The zero-order valence-electron chi connectivity index (χ0n) is 11.2. The van der Waals surface area contributed by atoms with Crippen LogP contribution in [-0.2, 0) is 0 Å². The van der Waals surface area contributed by atoms with Crippen molar-refractivity contribution in [1.29, 1.82) is 0 Å². The van der Waals surface area contributed by atoms with Gasteiger partial charge in [-0.2, -0.15) is 0 Å². The molecule has 0 atom stereocenters. The number of hydrogen-bond acceptors (Lipinski definition) is 2. The molecule has 0 bridgehead atoms. The predicted octanol–water partition coefficient (Wildman–Crippen LogP) is 4.01. The summed E-state index contributed by atoms with van der Waals surface area (Å²) in [7, 11) is 1.65. The van der Waals surface area contributed by atoms with Crippen molar-refractivity contribution < 1.29 is 9.53 Å². The molecule has 0 saturated heterocycles.